The van der Waals surface area contributed by atoms with Crippen molar-refractivity contribution in [3.8, 4) is 5.75 Å². The van der Waals surface area contributed by atoms with E-state index in [2.05, 4.69) is 5.18 Å². The first-order valence-electron chi connectivity index (χ1n) is 4.03. The molecule has 0 heterocycles. The van der Waals surface area contributed by atoms with Crippen molar-refractivity contribution >= 4 is 17.3 Å². The SMILES string of the molecule is CCCc1cc(Cl)cc(N=O)c1O. The molecule has 3 nitrogen and oxygen atoms in total. The Morgan fingerprint density at radius 1 is 1.54 bits per heavy atom. The summed E-state index contributed by atoms with van der Waals surface area (Å²) in [5.74, 6) is -0.0544. The largest absolute Gasteiger partial charge is 0.505 e. The van der Waals surface area contributed by atoms with E-state index in [1.165, 1.54) is 6.07 Å². The second kappa shape index (κ2) is 4.23. The summed E-state index contributed by atoms with van der Waals surface area (Å²) in [6, 6.07) is 3.00. The second-order valence-corrected chi connectivity index (χ2v) is 3.21. The average Bonchev–Trinajstić information content (AvgIpc) is 2.11. The van der Waals surface area contributed by atoms with Gasteiger partial charge in [-0.15, -0.1) is 4.91 Å². The van der Waals surface area contributed by atoms with Gasteiger partial charge in [-0.25, -0.2) is 0 Å². The van der Waals surface area contributed by atoms with Crippen molar-refractivity contribution in [2.45, 2.75) is 19.8 Å². The Labute approximate surface area is 81.3 Å². The Morgan fingerprint density at radius 3 is 2.77 bits per heavy atom. The van der Waals surface area contributed by atoms with Crippen LogP contribution in [0.3, 0.4) is 0 Å². The Bertz CT molecular complexity index is 326. The summed E-state index contributed by atoms with van der Waals surface area (Å²) in [5.41, 5.74) is 0.681. The minimum absolute atomic E-state index is 0.0101. The van der Waals surface area contributed by atoms with E-state index in [1.807, 2.05) is 6.92 Å². The van der Waals surface area contributed by atoms with E-state index in [1.54, 1.807) is 6.07 Å². The molecule has 0 spiro atoms. The van der Waals surface area contributed by atoms with Gasteiger partial charge < -0.3 is 5.11 Å². The molecule has 0 fully saturated rings. The first-order chi connectivity index (χ1) is 6.19. The molecular formula is C9H10ClNO2. The number of nitroso groups, excluding NO2 is 1. The van der Waals surface area contributed by atoms with Crippen LogP contribution in [0.4, 0.5) is 5.69 Å². The smallest absolute Gasteiger partial charge is 0.151 e. The first-order valence-corrected chi connectivity index (χ1v) is 4.41. The van der Waals surface area contributed by atoms with Crippen LogP contribution in [-0.4, -0.2) is 5.11 Å². The maximum Gasteiger partial charge on any atom is 0.151 e. The molecule has 0 aliphatic carbocycles. The number of hydrogen-bond acceptors (Lipinski definition) is 3. The third-order valence-corrected chi connectivity index (χ3v) is 1.97. The number of aryl methyl sites for hydroxylation is 1. The Morgan fingerprint density at radius 2 is 2.23 bits per heavy atom. The second-order valence-electron chi connectivity index (χ2n) is 2.77. The molecule has 1 aromatic carbocycles. The highest BCUT2D eigenvalue weighted by atomic mass is 35.5. The van der Waals surface area contributed by atoms with Crippen molar-refractivity contribution in [3.63, 3.8) is 0 Å². The lowest BCUT2D eigenvalue weighted by Gasteiger charge is -2.04. The zero-order chi connectivity index (χ0) is 9.84. The molecule has 0 atom stereocenters. The average molecular weight is 200 g/mol. The molecule has 1 N–H and O–H groups in total. The van der Waals surface area contributed by atoms with Crippen LogP contribution in [0.1, 0.15) is 18.9 Å². The lowest BCUT2D eigenvalue weighted by atomic mass is 10.1. The molecule has 0 saturated carbocycles. The van der Waals surface area contributed by atoms with E-state index < -0.39 is 0 Å². The fraction of sp³-hybridized carbons (Fsp3) is 0.333. The van der Waals surface area contributed by atoms with Crippen molar-refractivity contribution in [1.29, 1.82) is 0 Å². The molecule has 1 rings (SSSR count). The summed E-state index contributed by atoms with van der Waals surface area (Å²) in [4.78, 5) is 10.3. The van der Waals surface area contributed by atoms with Crippen molar-refractivity contribution in [1.82, 2.24) is 0 Å². The van der Waals surface area contributed by atoms with Gasteiger partial charge in [0.15, 0.2) is 5.69 Å². The van der Waals surface area contributed by atoms with E-state index in [9.17, 15) is 10.0 Å². The summed E-state index contributed by atoms with van der Waals surface area (Å²) < 4.78 is 0. The van der Waals surface area contributed by atoms with E-state index >= 15 is 0 Å². The number of nitrogens with zero attached hydrogens (tertiary/aromatic N) is 1. The van der Waals surface area contributed by atoms with Gasteiger partial charge in [-0.1, -0.05) is 24.9 Å². The van der Waals surface area contributed by atoms with Gasteiger partial charge >= 0.3 is 0 Å². The standard InChI is InChI=1S/C9H10ClNO2/c1-2-3-6-4-7(10)5-8(11-13)9(6)12/h4-5,12H,2-3H2,1H3. The molecular weight excluding hydrogens is 190 g/mol. The van der Waals surface area contributed by atoms with Crippen molar-refractivity contribution in [2.75, 3.05) is 0 Å². The topological polar surface area (TPSA) is 49.7 Å². The fourth-order valence-electron chi connectivity index (χ4n) is 1.17. The van der Waals surface area contributed by atoms with Gasteiger partial charge in [-0.05, 0) is 29.3 Å². The fourth-order valence-corrected chi connectivity index (χ4v) is 1.40. The summed E-state index contributed by atoms with van der Waals surface area (Å²) in [7, 11) is 0. The minimum Gasteiger partial charge on any atom is -0.505 e. The molecule has 0 unspecified atom stereocenters. The first kappa shape index (κ1) is 9.99. The molecule has 0 aliphatic rings. The van der Waals surface area contributed by atoms with Gasteiger partial charge in [0.1, 0.15) is 5.75 Å². The highest BCUT2D eigenvalue weighted by Crippen LogP contribution is 2.34. The molecule has 13 heavy (non-hydrogen) atoms. The number of phenols is 1. The zero-order valence-corrected chi connectivity index (χ0v) is 8.01. The van der Waals surface area contributed by atoms with Gasteiger partial charge in [0.25, 0.3) is 0 Å². The number of benzene rings is 1. The lowest BCUT2D eigenvalue weighted by molar-refractivity contribution is 0.469. The normalized spacial score (nSPS) is 10.0. The van der Waals surface area contributed by atoms with Crippen molar-refractivity contribution in [2.24, 2.45) is 5.18 Å². The molecule has 0 aromatic heterocycles. The van der Waals surface area contributed by atoms with Crippen LogP contribution in [0.2, 0.25) is 5.02 Å². The molecule has 0 radical (unpaired) electrons. The Hall–Kier alpha value is -1.09. The summed E-state index contributed by atoms with van der Waals surface area (Å²) in [6.07, 6.45) is 1.57. The van der Waals surface area contributed by atoms with Crippen LogP contribution < -0.4 is 0 Å². The predicted octanol–water partition coefficient (Wildman–Crippen LogP) is 3.40. The van der Waals surface area contributed by atoms with Crippen LogP contribution >= 0.6 is 11.6 Å². The van der Waals surface area contributed by atoms with Gasteiger partial charge in [0.2, 0.25) is 0 Å². The van der Waals surface area contributed by atoms with Gasteiger partial charge in [0, 0.05) is 5.02 Å². The van der Waals surface area contributed by atoms with Crippen LogP contribution in [0.15, 0.2) is 17.3 Å². The van der Waals surface area contributed by atoms with Crippen molar-refractivity contribution < 1.29 is 5.11 Å². The maximum absolute atomic E-state index is 10.3. The van der Waals surface area contributed by atoms with Gasteiger partial charge in [-0.2, -0.15) is 0 Å². The van der Waals surface area contributed by atoms with Crippen LogP contribution in [0.5, 0.6) is 5.75 Å². The van der Waals surface area contributed by atoms with Gasteiger partial charge in [-0.3, -0.25) is 0 Å². The third kappa shape index (κ3) is 2.18. The van der Waals surface area contributed by atoms with E-state index in [4.69, 9.17) is 11.6 Å². The monoisotopic (exact) mass is 199 g/mol. The maximum atomic E-state index is 10.3. The molecule has 0 bridgehead atoms. The van der Waals surface area contributed by atoms with Crippen LogP contribution in [0, 0.1) is 4.91 Å². The zero-order valence-electron chi connectivity index (χ0n) is 7.25. The number of halogens is 1. The molecule has 0 aliphatic heterocycles. The quantitative estimate of drug-likeness (QED) is 0.759. The predicted molar refractivity (Wildman–Crippen MR) is 52.6 cm³/mol. The molecule has 4 heteroatoms. The number of phenolic OH excluding ortho intramolecular Hbond substituents is 1. The summed E-state index contributed by atoms with van der Waals surface area (Å²) >= 11 is 5.73. The highest BCUT2D eigenvalue weighted by molar-refractivity contribution is 6.31. The molecule has 70 valence electrons. The Balaban J connectivity index is 3.18. The van der Waals surface area contributed by atoms with Crippen LogP contribution in [0.25, 0.3) is 0 Å². The molecule has 1 aromatic rings. The summed E-state index contributed by atoms with van der Waals surface area (Å²) in [5, 5.41) is 12.6. The van der Waals surface area contributed by atoms with Gasteiger partial charge in [0.05, 0.1) is 0 Å². The highest BCUT2D eigenvalue weighted by Gasteiger charge is 2.08. The van der Waals surface area contributed by atoms with Crippen LogP contribution in [-0.2, 0) is 6.42 Å². The molecule has 0 saturated heterocycles. The number of rotatable bonds is 3. The lowest BCUT2D eigenvalue weighted by Crippen LogP contribution is -1.84. The third-order valence-electron chi connectivity index (χ3n) is 1.75. The van der Waals surface area contributed by atoms with E-state index in [-0.39, 0.29) is 11.4 Å². The minimum atomic E-state index is -0.0544. The Kier molecular flexibility index (Phi) is 3.25. The van der Waals surface area contributed by atoms with Crippen molar-refractivity contribution in [3.05, 3.63) is 27.6 Å². The number of aromatic hydroxyl groups is 1. The van der Waals surface area contributed by atoms with E-state index in [0.717, 1.165) is 6.42 Å². The molecule has 0 amide bonds. The van der Waals surface area contributed by atoms with E-state index in [0.29, 0.717) is 17.0 Å². The summed E-state index contributed by atoms with van der Waals surface area (Å²) in [6.45, 7) is 1.98. The number of hydrogen-bond donors (Lipinski definition) is 1.